The summed E-state index contributed by atoms with van der Waals surface area (Å²) in [5.41, 5.74) is 3.04. The van der Waals surface area contributed by atoms with Crippen LogP contribution in [0.5, 0.6) is 0 Å². The van der Waals surface area contributed by atoms with Crippen LogP contribution in [0.25, 0.3) is 11.3 Å². The fraction of sp³-hybridized carbons (Fsp3) is 0.154. The van der Waals surface area contributed by atoms with Crippen LogP contribution < -0.4 is 4.90 Å². The second kappa shape index (κ2) is 7.47. The van der Waals surface area contributed by atoms with Gasteiger partial charge in [0.15, 0.2) is 0 Å². The Morgan fingerprint density at radius 2 is 1.78 bits per heavy atom. The zero-order valence-electron chi connectivity index (χ0n) is 10.1. The number of hydrogen-bond donors (Lipinski definition) is 0. The van der Waals surface area contributed by atoms with Crippen molar-refractivity contribution in [3.63, 3.8) is 0 Å². The molecule has 1 aromatic carbocycles. The maximum atomic E-state index is 6.12. The topological polar surface area (TPSA) is 16.1 Å². The predicted molar refractivity (Wildman–Crippen MR) is 83.5 cm³/mol. The van der Waals surface area contributed by atoms with Gasteiger partial charge in [-0.1, -0.05) is 23.7 Å². The third-order valence-electron chi connectivity index (χ3n) is 2.39. The van der Waals surface area contributed by atoms with Gasteiger partial charge in [0.1, 0.15) is 0 Å². The van der Waals surface area contributed by atoms with Crippen molar-refractivity contribution < 1.29 is 0 Å². The van der Waals surface area contributed by atoms with E-state index >= 15 is 0 Å². The van der Waals surface area contributed by atoms with Crippen molar-refractivity contribution in [1.29, 1.82) is 0 Å². The van der Waals surface area contributed by atoms with Crippen molar-refractivity contribution >= 4 is 42.1 Å². The van der Waals surface area contributed by atoms with E-state index in [1.54, 1.807) is 6.20 Å². The van der Waals surface area contributed by atoms with E-state index in [4.69, 9.17) is 11.6 Å². The van der Waals surface area contributed by atoms with Crippen LogP contribution in [0.1, 0.15) is 0 Å². The first-order valence-electron chi connectivity index (χ1n) is 5.07. The van der Waals surface area contributed by atoms with Gasteiger partial charge < -0.3 is 4.90 Å². The Hall–Kier alpha value is -0.960. The lowest BCUT2D eigenvalue weighted by Gasteiger charge is -2.15. The Morgan fingerprint density at radius 3 is 2.33 bits per heavy atom. The largest absolute Gasteiger partial charge is 0.376 e. The van der Waals surface area contributed by atoms with Gasteiger partial charge in [-0.25, -0.2) is 0 Å². The van der Waals surface area contributed by atoms with E-state index in [0.717, 1.165) is 22.0 Å². The molecule has 2 aromatic rings. The highest BCUT2D eigenvalue weighted by molar-refractivity contribution is 6.33. The van der Waals surface area contributed by atoms with Crippen molar-refractivity contribution in [2.75, 3.05) is 19.0 Å². The fourth-order valence-electron chi connectivity index (χ4n) is 1.55. The second-order valence-electron chi connectivity index (χ2n) is 3.78. The minimum Gasteiger partial charge on any atom is -0.376 e. The van der Waals surface area contributed by atoms with Crippen LogP contribution in [0.3, 0.4) is 0 Å². The zero-order valence-corrected chi connectivity index (χ0v) is 12.5. The molecule has 0 atom stereocenters. The molecule has 0 aliphatic carbocycles. The van der Waals surface area contributed by atoms with Crippen LogP contribution in [0.2, 0.25) is 5.02 Å². The molecule has 1 aromatic heterocycles. The van der Waals surface area contributed by atoms with Crippen molar-refractivity contribution in [2.45, 2.75) is 0 Å². The van der Waals surface area contributed by atoms with Crippen LogP contribution in [-0.2, 0) is 0 Å². The Bertz CT molecular complexity index is 487. The molecule has 0 saturated heterocycles. The van der Waals surface area contributed by atoms with E-state index in [-0.39, 0.29) is 24.8 Å². The number of rotatable bonds is 2. The molecule has 0 saturated carbocycles. The summed E-state index contributed by atoms with van der Waals surface area (Å²) in [5.74, 6) is 0. The molecular weight excluding hydrogens is 291 g/mol. The van der Waals surface area contributed by atoms with Crippen LogP contribution >= 0.6 is 36.4 Å². The van der Waals surface area contributed by atoms with Gasteiger partial charge in [-0.15, -0.1) is 24.8 Å². The van der Waals surface area contributed by atoms with E-state index in [1.807, 2.05) is 55.4 Å². The average molecular weight is 306 g/mol. The van der Waals surface area contributed by atoms with Crippen LogP contribution in [0.4, 0.5) is 5.69 Å². The van der Waals surface area contributed by atoms with Crippen LogP contribution in [0, 0.1) is 0 Å². The van der Waals surface area contributed by atoms with Gasteiger partial charge in [0.2, 0.25) is 0 Å². The smallest absolute Gasteiger partial charge is 0.0702 e. The van der Waals surface area contributed by atoms with Gasteiger partial charge in [-0.3, -0.25) is 4.98 Å². The van der Waals surface area contributed by atoms with Crippen LogP contribution in [0.15, 0.2) is 42.6 Å². The van der Waals surface area contributed by atoms with E-state index in [1.165, 1.54) is 0 Å². The third kappa shape index (κ3) is 3.77. The van der Waals surface area contributed by atoms with E-state index in [2.05, 4.69) is 4.98 Å². The summed E-state index contributed by atoms with van der Waals surface area (Å²) in [4.78, 5) is 6.31. The number of halogens is 3. The Kier molecular flexibility index (Phi) is 7.07. The summed E-state index contributed by atoms with van der Waals surface area (Å²) < 4.78 is 0. The van der Waals surface area contributed by atoms with Gasteiger partial charge in [0.25, 0.3) is 0 Å². The third-order valence-corrected chi connectivity index (χ3v) is 2.71. The monoisotopic (exact) mass is 304 g/mol. The Labute approximate surface area is 125 Å². The molecule has 0 fully saturated rings. The maximum Gasteiger partial charge on any atom is 0.0702 e. The van der Waals surface area contributed by atoms with Gasteiger partial charge in [-0.2, -0.15) is 0 Å². The highest BCUT2D eigenvalue weighted by Crippen LogP contribution is 2.29. The molecule has 0 aliphatic rings. The summed E-state index contributed by atoms with van der Waals surface area (Å²) in [5, 5.41) is 0.754. The van der Waals surface area contributed by atoms with E-state index in [0.29, 0.717) is 0 Å². The van der Waals surface area contributed by atoms with Crippen LogP contribution in [-0.4, -0.2) is 19.1 Å². The molecule has 98 valence electrons. The van der Waals surface area contributed by atoms with Gasteiger partial charge >= 0.3 is 0 Å². The highest BCUT2D eigenvalue weighted by atomic mass is 35.5. The lowest BCUT2D eigenvalue weighted by Crippen LogP contribution is -2.09. The standard InChI is InChI=1S/C13H13ClN2.2ClH/c1-16(2)13-9-10(6-7-11(13)14)12-5-3-4-8-15-12;;/h3-9H,1-2H3;2*1H. The average Bonchev–Trinajstić information content (AvgIpc) is 2.30. The Balaban J connectivity index is 0.00000144. The SMILES string of the molecule is CN(C)c1cc(-c2ccccn2)ccc1Cl.Cl.Cl. The second-order valence-corrected chi connectivity index (χ2v) is 4.18. The summed E-state index contributed by atoms with van der Waals surface area (Å²) >= 11 is 6.12. The Morgan fingerprint density at radius 1 is 1.06 bits per heavy atom. The number of nitrogens with zero attached hydrogens (tertiary/aromatic N) is 2. The lowest BCUT2D eigenvalue weighted by atomic mass is 10.1. The molecule has 0 N–H and O–H groups in total. The molecule has 0 aliphatic heterocycles. The van der Waals surface area contributed by atoms with Gasteiger partial charge in [0.05, 0.1) is 16.4 Å². The molecule has 1 heterocycles. The minimum atomic E-state index is 0. The molecule has 0 unspecified atom stereocenters. The lowest BCUT2D eigenvalue weighted by molar-refractivity contribution is 1.13. The zero-order chi connectivity index (χ0) is 11.5. The molecule has 2 rings (SSSR count). The molecule has 0 amide bonds. The first-order chi connectivity index (χ1) is 7.68. The summed E-state index contributed by atoms with van der Waals surface area (Å²) in [6.45, 7) is 0. The molecule has 5 heteroatoms. The number of pyridine rings is 1. The molecule has 0 bridgehead atoms. The number of anilines is 1. The first kappa shape index (κ1) is 17.0. The molecular formula is C13H15Cl3N2. The van der Waals surface area contributed by atoms with Crippen molar-refractivity contribution in [3.05, 3.63) is 47.6 Å². The number of aromatic nitrogens is 1. The van der Waals surface area contributed by atoms with Crippen molar-refractivity contribution in [2.24, 2.45) is 0 Å². The normalized spacial score (nSPS) is 9.06. The molecule has 2 nitrogen and oxygen atoms in total. The van der Waals surface area contributed by atoms with Crippen molar-refractivity contribution in [3.8, 4) is 11.3 Å². The first-order valence-corrected chi connectivity index (χ1v) is 5.44. The quantitative estimate of drug-likeness (QED) is 0.822. The summed E-state index contributed by atoms with van der Waals surface area (Å²) in [7, 11) is 3.95. The van der Waals surface area contributed by atoms with Gasteiger partial charge in [0, 0.05) is 25.9 Å². The summed E-state index contributed by atoms with van der Waals surface area (Å²) in [6, 6.07) is 11.8. The molecule has 0 radical (unpaired) electrons. The predicted octanol–water partition coefficient (Wildman–Crippen LogP) is 4.31. The fourth-order valence-corrected chi connectivity index (χ4v) is 1.83. The highest BCUT2D eigenvalue weighted by Gasteiger charge is 2.05. The van der Waals surface area contributed by atoms with Gasteiger partial charge in [-0.05, 0) is 24.3 Å². The maximum absolute atomic E-state index is 6.12. The minimum absolute atomic E-state index is 0. The van der Waals surface area contributed by atoms with Crippen molar-refractivity contribution in [1.82, 2.24) is 4.98 Å². The number of hydrogen-bond acceptors (Lipinski definition) is 2. The van der Waals surface area contributed by atoms with E-state index in [9.17, 15) is 0 Å². The molecule has 0 spiro atoms. The van der Waals surface area contributed by atoms with E-state index < -0.39 is 0 Å². The summed E-state index contributed by atoms with van der Waals surface area (Å²) in [6.07, 6.45) is 1.79. The number of benzene rings is 1. The molecule has 18 heavy (non-hydrogen) atoms.